The number of fused-ring (bicyclic) bond motifs is 1. The van der Waals surface area contributed by atoms with Crippen molar-refractivity contribution in [1.29, 1.82) is 0 Å². The SMILES string of the molecule is CC(NC(=O)[C@@H](C)NC(=O)C1CC(=O)N(c2ccc3c(c2)OCO3)C1)c1ccccc1. The number of hydrogen-bond donors (Lipinski definition) is 2. The number of nitrogens with one attached hydrogen (secondary N) is 2. The van der Waals surface area contributed by atoms with E-state index >= 15 is 0 Å². The Morgan fingerprint density at radius 3 is 2.55 bits per heavy atom. The largest absolute Gasteiger partial charge is 0.454 e. The molecule has 31 heavy (non-hydrogen) atoms. The molecule has 2 aromatic rings. The Bertz CT molecular complexity index is 994. The molecule has 3 atom stereocenters. The highest BCUT2D eigenvalue weighted by Crippen LogP contribution is 2.37. The lowest BCUT2D eigenvalue weighted by atomic mass is 10.1. The Morgan fingerprint density at radius 2 is 1.77 bits per heavy atom. The molecular weight excluding hydrogens is 398 g/mol. The highest BCUT2D eigenvalue weighted by molar-refractivity contribution is 6.01. The van der Waals surface area contributed by atoms with Crippen LogP contribution in [0, 0.1) is 5.92 Å². The molecule has 2 heterocycles. The summed E-state index contributed by atoms with van der Waals surface area (Å²) in [6.45, 7) is 3.93. The van der Waals surface area contributed by atoms with Gasteiger partial charge < -0.3 is 25.0 Å². The van der Waals surface area contributed by atoms with Crippen LogP contribution in [0.4, 0.5) is 5.69 Å². The first-order valence-electron chi connectivity index (χ1n) is 10.3. The van der Waals surface area contributed by atoms with E-state index < -0.39 is 12.0 Å². The topological polar surface area (TPSA) is 97.0 Å². The quantitative estimate of drug-likeness (QED) is 0.742. The van der Waals surface area contributed by atoms with E-state index in [1.807, 2.05) is 37.3 Å². The summed E-state index contributed by atoms with van der Waals surface area (Å²) < 4.78 is 10.7. The number of ether oxygens (including phenoxy) is 2. The summed E-state index contributed by atoms with van der Waals surface area (Å²) in [5.41, 5.74) is 1.64. The van der Waals surface area contributed by atoms with E-state index in [-0.39, 0.29) is 43.5 Å². The summed E-state index contributed by atoms with van der Waals surface area (Å²) >= 11 is 0. The molecule has 2 aliphatic rings. The molecule has 2 N–H and O–H groups in total. The predicted octanol–water partition coefficient (Wildman–Crippen LogP) is 2.15. The first-order chi connectivity index (χ1) is 14.9. The van der Waals surface area contributed by atoms with Crippen LogP contribution in [-0.2, 0) is 14.4 Å². The molecule has 0 aliphatic carbocycles. The van der Waals surface area contributed by atoms with E-state index in [0.717, 1.165) is 5.56 Å². The minimum atomic E-state index is -0.714. The van der Waals surface area contributed by atoms with Crippen molar-refractivity contribution >= 4 is 23.4 Å². The summed E-state index contributed by atoms with van der Waals surface area (Å²) in [6.07, 6.45) is 0.0923. The van der Waals surface area contributed by atoms with E-state index in [4.69, 9.17) is 9.47 Å². The predicted molar refractivity (Wildman–Crippen MR) is 114 cm³/mol. The Balaban J connectivity index is 1.33. The van der Waals surface area contributed by atoms with Gasteiger partial charge in [-0.15, -0.1) is 0 Å². The molecule has 0 bridgehead atoms. The molecular formula is C23H25N3O5. The highest BCUT2D eigenvalue weighted by Gasteiger charge is 2.36. The van der Waals surface area contributed by atoms with E-state index in [1.54, 1.807) is 30.0 Å². The van der Waals surface area contributed by atoms with Crippen molar-refractivity contribution in [2.75, 3.05) is 18.2 Å². The maximum absolute atomic E-state index is 12.7. The van der Waals surface area contributed by atoms with Gasteiger partial charge in [0.05, 0.1) is 12.0 Å². The van der Waals surface area contributed by atoms with Gasteiger partial charge in [-0.05, 0) is 31.5 Å². The van der Waals surface area contributed by atoms with Crippen molar-refractivity contribution in [3.63, 3.8) is 0 Å². The molecule has 3 amide bonds. The number of benzene rings is 2. The minimum absolute atomic E-state index is 0.0923. The molecule has 0 saturated carbocycles. The zero-order valence-corrected chi connectivity index (χ0v) is 17.5. The summed E-state index contributed by atoms with van der Waals surface area (Å²) in [7, 11) is 0. The Labute approximate surface area is 180 Å². The van der Waals surface area contributed by atoms with Gasteiger partial charge in [0.25, 0.3) is 0 Å². The molecule has 0 spiro atoms. The van der Waals surface area contributed by atoms with Crippen molar-refractivity contribution in [1.82, 2.24) is 10.6 Å². The Morgan fingerprint density at radius 1 is 1.03 bits per heavy atom. The van der Waals surface area contributed by atoms with Crippen LogP contribution in [0.15, 0.2) is 48.5 Å². The fourth-order valence-electron chi connectivity index (χ4n) is 3.75. The van der Waals surface area contributed by atoms with Gasteiger partial charge in [0.15, 0.2) is 11.5 Å². The fourth-order valence-corrected chi connectivity index (χ4v) is 3.75. The molecule has 162 valence electrons. The van der Waals surface area contributed by atoms with Crippen LogP contribution >= 0.6 is 0 Å². The summed E-state index contributed by atoms with van der Waals surface area (Å²) in [5.74, 6) is -0.0490. The lowest BCUT2D eigenvalue weighted by molar-refractivity contribution is -0.131. The Kier molecular flexibility index (Phi) is 5.79. The number of amides is 3. The normalized spacial score (nSPS) is 19.1. The van der Waals surface area contributed by atoms with Gasteiger partial charge in [0, 0.05) is 24.7 Å². The van der Waals surface area contributed by atoms with Crippen molar-refractivity contribution in [2.24, 2.45) is 5.92 Å². The lowest BCUT2D eigenvalue weighted by Gasteiger charge is -2.20. The van der Waals surface area contributed by atoms with Crippen molar-refractivity contribution in [3.05, 3.63) is 54.1 Å². The molecule has 0 radical (unpaired) electrons. The second kappa shape index (κ2) is 8.67. The summed E-state index contributed by atoms with van der Waals surface area (Å²) in [5, 5.41) is 5.64. The molecule has 1 saturated heterocycles. The third-order valence-electron chi connectivity index (χ3n) is 5.57. The van der Waals surface area contributed by atoms with E-state index in [2.05, 4.69) is 10.6 Å². The molecule has 8 heteroatoms. The van der Waals surface area contributed by atoms with Crippen LogP contribution in [0.3, 0.4) is 0 Å². The third kappa shape index (κ3) is 4.47. The van der Waals surface area contributed by atoms with Gasteiger partial charge in [-0.2, -0.15) is 0 Å². The number of carbonyl (C=O) groups is 3. The smallest absolute Gasteiger partial charge is 0.242 e. The van der Waals surface area contributed by atoms with Gasteiger partial charge in [0.1, 0.15) is 6.04 Å². The summed E-state index contributed by atoms with van der Waals surface area (Å²) in [6, 6.07) is 14.0. The van der Waals surface area contributed by atoms with Crippen LogP contribution in [0.25, 0.3) is 0 Å². The molecule has 2 aromatic carbocycles. The van der Waals surface area contributed by atoms with Crippen molar-refractivity contribution in [3.8, 4) is 11.5 Å². The van der Waals surface area contributed by atoms with Crippen LogP contribution in [0.5, 0.6) is 11.5 Å². The van der Waals surface area contributed by atoms with Gasteiger partial charge in [-0.1, -0.05) is 30.3 Å². The Hall–Kier alpha value is -3.55. The maximum Gasteiger partial charge on any atom is 0.242 e. The first kappa shape index (κ1) is 20.7. The van der Waals surface area contributed by atoms with Crippen molar-refractivity contribution < 1.29 is 23.9 Å². The van der Waals surface area contributed by atoms with Gasteiger partial charge in [0.2, 0.25) is 24.5 Å². The average Bonchev–Trinajstić information content (AvgIpc) is 3.40. The molecule has 8 nitrogen and oxygen atoms in total. The zero-order valence-electron chi connectivity index (χ0n) is 17.5. The second-order valence-corrected chi connectivity index (χ2v) is 7.81. The minimum Gasteiger partial charge on any atom is -0.454 e. The standard InChI is InChI=1S/C23H25N3O5/c1-14(16-6-4-3-5-7-16)24-22(28)15(2)25-23(29)17-10-21(27)26(12-17)18-8-9-19-20(11-18)31-13-30-19/h3-9,11,14-15,17H,10,12-13H2,1-2H3,(H,24,28)(H,25,29)/t14?,15-,17?/m1/s1. The third-order valence-corrected chi connectivity index (χ3v) is 5.57. The monoisotopic (exact) mass is 423 g/mol. The number of anilines is 1. The molecule has 0 aromatic heterocycles. The molecule has 4 rings (SSSR count). The van der Waals surface area contributed by atoms with Gasteiger partial charge >= 0.3 is 0 Å². The highest BCUT2D eigenvalue weighted by atomic mass is 16.7. The molecule has 2 aliphatic heterocycles. The molecule has 1 fully saturated rings. The first-order valence-corrected chi connectivity index (χ1v) is 10.3. The van der Waals surface area contributed by atoms with Crippen LogP contribution < -0.4 is 25.0 Å². The molecule has 2 unspecified atom stereocenters. The second-order valence-electron chi connectivity index (χ2n) is 7.81. The number of rotatable bonds is 6. The lowest BCUT2D eigenvalue weighted by Crippen LogP contribution is -2.47. The van der Waals surface area contributed by atoms with E-state index in [9.17, 15) is 14.4 Å². The van der Waals surface area contributed by atoms with Crippen molar-refractivity contribution in [2.45, 2.75) is 32.4 Å². The van der Waals surface area contributed by atoms with E-state index in [1.165, 1.54) is 0 Å². The van der Waals surface area contributed by atoms with Crippen LogP contribution in [-0.4, -0.2) is 37.1 Å². The van der Waals surface area contributed by atoms with Gasteiger partial charge in [-0.25, -0.2) is 0 Å². The average molecular weight is 423 g/mol. The fraction of sp³-hybridized carbons (Fsp3) is 0.348. The van der Waals surface area contributed by atoms with E-state index in [0.29, 0.717) is 17.2 Å². The van der Waals surface area contributed by atoms with Gasteiger partial charge in [-0.3, -0.25) is 14.4 Å². The number of hydrogen-bond acceptors (Lipinski definition) is 5. The van der Waals surface area contributed by atoms with Crippen LogP contribution in [0.1, 0.15) is 31.9 Å². The summed E-state index contributed by atoms with van der Waals surface area (Å²) in [4.78, 5) is 39.3. The maximum atomic E-state index is 12.7. The number of carbonyl (C=O) groups excluding carboxylic acids is 3. The zero-order chi connectivity index (χ0) is 22.0. The number of nitrogens with zero attached hydrogens (tertiary/aromatic N) is 1. The van der Waals surface area contributed by atoms with Crippen LogP contribution in [0.2, 0.25) is 0 Å².